The van der Waals surface area contributed by atoms with E-state index in [9.17, 15) is 4.79 Å². The normalized spacial score (nSPS) is 10.4. The number of methoxy groups -OCH3 is 1. The molecular formula is C18H16N4O3S. The highest BCUT2D eigenvalue weighted by atomic mass is 32.1. The van der Waals surface area contributed by atoms with Crippen LogP contribution in [0.2, 0.25) is 0 Å². The van der Waals surface area contributed by atoms with Crippen LogP contribution in [0.4, 0.5) is 5.13 Å². The lowest BCUT2D eigenvalue weighted by Crippen LogP contribution is -2.13. The molecule has 0 aliphatic carbocycles. The molecule has 0 spiro atoms. The Balaban J connectivity index is 1.83. The van der Waals surface area contributed by atoms with Gasteiger partial charge in [-0.05, 0) is 32.0 Å². The summed E-state index contributed by atoms with van der Waals surface area (Å²) in [5.41, 5.74) is 3.31. The van der Waals surface area contributed by atoms with Gasteiger partial charge in [0.05, 0.1) is 31.0 Å². The zero-order chi connectivity index (χ0) is 18.7. The van der Waals surface area contributed by atoms with Gasteiger partial charge in [0.15, 0.2) is 5.13 Å². The van der Waals surface area contributed by atoms with E-state index in [0.29, 0.717) is 33.6 Å². The van der Waals surface area contributed by atoms with Crippen molar-refractivity contribution < 1.29 is 14.1 Å². The minimum Gasteiger partial charge on any atom is -0.496 e. The Bertz CT molecular complexity index is 981. The minimum atomic E-state index is -0.304. The zero-order valence-corrected chi connectivity index (χ0v) is 15.3. The highest BCUT2D eigenvalue weighted by molar-refractivity contribution is 7.14. The largest absolute Gasteiger partial charge is 0.496 e. The van der Waals surface area contributed by atoms with E-state index in [-0.39, 0.29) is 12.3 Å². The summed E-state index contributed by atoms with van der Waals surface area (Å²) in [6.07, 6.45) is 0.247. The van der Waals surface area contributed by atoms with Crippen LogP contribution in [0, 0.1) is 25.2 Å². The predicted octanol–water partition coefficient (Wildman–Crippen LogP) is 3.74. The van der Waals surface area contributed by atoms with Gasteiger partial charge < -0.3 is 9.26 Å². The maximum absolute atomic E-state index is 12.4. The number of carbonyl (C=O) groups is 1. The molecule has 7 nitrogen and oxygen atoms in total. The molecule has 1 aromatic carbocycles. The summed E-state index contributed by atoms with van der Waals surface area (Å²) in [6, 6.07) is 7.68. The van der Waals surface area contributed by atoms with Gasteiger partial charge in [0, 0.05) is 16.5 Å². The standard InChI is InChI=1S/C18H16N4O3S/c1-10-16(11(2)25-22-10)17(23)21-18-20-14(9-26-18)12-4-5-15(24-3)13(8-12)6-7-19/h4-5,8-9H,6H2,1-3H3,(H,20,21,23). The van der Waals surface area contributed by atoms with Gasteiger partial charge in [0.1, 0.15) is 17.1 Å². The number of nitrogens with one attached hydrogen (secondary N) is 1. The van der Waals surface area contributed by atoms with Gasteiger partial charge in [-0.25, -0.2) is 4.98 Å². The molecule has 8 heteroatoms. The number of hydrogen-bond donors (Lipinski definition) is 1. The average molecular weight is 368 g/mol. The lowest BCUT2D eigenvalue weighted by Gasteiger charge is -2.07. The smallest absolute Gasteiger partial charge is 0.262 e. The highest BCUT2D eigenvalue weighted by Gasteiger charge is 2.19. The molecule has 0 aliphatic heterocycles. The average Bonchev–Trinajstić information content (AvgIpc) is 3.21. The molecule has 1 N–H and O–H groups in total. The van der Waals surface area contributed by atoms with Crippen molar-refractivity contribution in [2.24, 2.45) is 0 Å². The number of carbonyl (C=O) groups excluding carboxylic acids is 1. The summed E-state index contributed by atoms with van der Waals surface area (Å²) in [5.74, 6) is 0.826. The second-order valence-electron chi connectivity index (χ2n) is 5.55. The van der Waals surface area contributed by atoms with Crippen molar-refractivity contribution in [3.8, 4) is 23.1 Å². The quantitative estimate of drug-likeness (QED) is 0.736. The Hall–Kier alpha value is -3.18. The third-order valence-electron chi connectivity index (χ3n) is 3.83. The fourth-order valence-electron chi connectivity index (χ4n) is 2.59. The van der Waals surface area contributed by atoms with Crippen LogP contribution in [0.3, 0.4) is 0 Å². The van der Waals surface area contributed by atoms with Crippen molar-refractivity contribution in [3.63, 3.8) is 0 Å². The van der Waals surface area contributed by atoms with Crippen LogP contribution in [-0.4, -0.2) is 23.2 Å². The first-order valence-corrected chi connectivity index (χ1v) is 8.65. The monoisotopic (exact) mass is 368 g/mol. The molecular weight excluding hydrogens is 352 g/mol. The lowest BCUT2D eigenvalue weighted by molar-refractivity contribution is 0.102. The summed E-state index contributed by atoms with van der Waals surface area (Å²) in [6.45, 7) is 3.41. The van der Waals surface area contributed by atoms with E-state index in [1.165, 1.54) is 11.3 Å². The first kappa shape index (κ1) is 17.6. The number of thiazole rings is 1. The number of anilines is 1. The molecule has 1 amide bonds. The first-order valence-electron chi connectivity index (χ1n) is 7.77. The summed E-state index contributed by atoms with van der Waals surface area (Å²) in [5, 5.41) is 17.8. The lowest BCUT2D eigenvalue weighted by atomic mass is 10.1. The molecule has 0 radical (unpaired) electrons. The van der Waals surface area contributed by atoms with E-state index in [1.54, 1.807) is 21.0 Å². The second-order valence-corrected chi connectivity index (χ2v) is 6.41. The van der Waals surface area contributed by atoms with Crippen molar-refractivity contribution in [1.82, 2.24) is 10.1 Å². The zero-order valence-electron chi connectivity index (χ0n) is 14.5. The Morgan fingerprint density at radius 2 is 2.23 bits per heavy atom. The van der Waals surface area contributed by atoms with Crippen molar-refractivity contribution in [2.75, 3.05) is 12.4 Å². The summed E-state index contributed by atoms with van der Waals surface area (Å²) < 4.78 is 10.3. The number of hydrogen-bond acceptors (Lipinski definition) is 7. The molecule has 0 saturated heterocycles. The van der Waals surface area contributed by atoms with Crippen molar-refractivity contribution >= 4 is 22.4 Å². The van der Waals surface area contributed by atoms with Crippen molar-refractivity contribution in [3.05, 3.63) is 46.2 Å². The number of aryl methyl sites for hydroxylation is 2. The van der Waals surface area contributed by atoms with Crippen LogP contribution in [-0.2, 0) is 6.42 Å². The van der Waals surface area contributed by atoms with Crippen molar-refractivity contribution in [1.29, 1.82) is 5.26 Å². The highest BCUT2D eigenvalue weighted by Crippen LogP contribution is 2.29. The molecule has 2 aromatic heterocycles. The second kappa shape index (κ2) is 7.37. The number of ether oxygens (including phenoxy) is 1. The van der Waals surface area contributed by atoms with Crippen LogP contribution in [0.1, 0.15) is 27.4 Å². The van der Waals surface area contributed by atoms with E-state index in [2.05, 4.69) is 21.5 Å². The van der Waals surface area contributed by atoms with E-state index >= 15 is 0 Å². The molecule has 0 bridgehead atoms. The molecule has 0 fully saturated rings. The Labute approximate surface area is 154 Å². The summed E-state index contributed by atoms with van der Waals surface area (Å²) in [4.78, 5) is 16.8. The number of amides is 1. The van der Waals surface area contributed by atoms with Gasteiger partial charge in [0.2, 0.25) is 0 Å². The number of benzene rings is 1. The van der Waals surface area contributed by atoms with Crippen LogP contribution in [0.25, 0.3) is 11.3 Å². The van der Waals surface area contributed by atoms with Gasteiger partial charge in [-0.2, -0.15) is 5.26 Å². The van der Waals surface area contributed by atoms with E-state index in [0.717, 1.165) is 11.1 Å². The Morgan fingerprint density at radius 3 is 2.88 bits per heavy atom. The van der Waals surface area contributed by atoms with E-state index in [1.807, 2.05) is 23.6 Å². The molecule has 0 aliphatic rings. The summed E-state index contributed by atoms with van der Waals surface area (Å²) >= 11 is 1.32. The van der Waals surface area contributed by atoms with Crippen LogP contribution in [0.5, 0.6) is 5.75 Å². The Morgan fingerprint density at radius 1 is 1.42 bits per heavy atom. The molecule has 0 saturated carbocycles. The fourth-order valence-corrected chi connectivity index (χ4v) is 3.31. The van der Waals surface area contributed by atoms with Crippen LogP contribution >= 0.6 is 11.3 Å². The molecule has 3 rings (SSSR count). The molecule has 26 heavy (non-hydrogen) atoms. The number of nitriles is 1. The van der Waals surface area contributed by atoms with Crippen molar-refractivity contribution in [2.45, 2.75) is 20.3 Å². The molecule has 3 aromatic rings. The number of nitrogens with zero attached hydrogens (tertiary/aromatic N) is 3. The van der Waals surface area contributed by atoms with Crippen LogP contribution < -0.4 is 10.1 Å². The van der Waals surface area contributed by atoms with Gasteiger partial charge in [-0.1, -0.05) is 5.16 Å². The fraction of sp³-hybridized carbons (Fsp3) is 0.222. The molecule has 2 heterocycles. The Kier molecular flexibility index (Phi) is 5.00. The maximum atomic E-state index is 12.4. The van der Waals surface area contributed by atoms with Crippen LogP contribution in [0.15, 0.2) is 28.1 Å². The maximum Gasteiger partial charge on any atom is 0.262 e. The minimum absolute atomic E-state index is 0.247. The third kappa shape index (κ3) is 3.43. The molecule has 0 atom stereocenters. The number of aromatic nitrogens is 2. The third-order valence-corrected chi connectivity index (χ3v) is 4.59. The molecule has 0 unspecified atom stereocenters. The summed E-state index contributed by atoms with van der Waals surface area (Å²) in [7, 11) is 1.57. The van der Waals surface area contributed by atoms with E-state index < -0.39 is 0 Å². The van der Waals surface area contributed by atoms with Gasteiger partial charge in [-0.3, -0.25) is 10.1 Å². The number of rotatable bonds is 5. The van der Waals surface area contributed by atoms with Gasteiger partial charge >= 0.3 is 0 Å². The first-order chi connectivity index (χ1) is 12.5. The topological polar surface area (TPSA) is 101 Å². The van der Waals surface area contributed by atoms with E-state index in [4.69, 9.17) is 14.5 Å². The SMILES string of the molecule is COc1ccc(-c2csc(NC(=O)c3c(C)noc3C)n2)cc1CC#N. The van der Waals surface area contributed by atoms with Gasteiger partial charge in [-0.15, -0.1) is 11.3 Å². The predicted molar refractivity (Wildman–Crippen MR) is 97.3 cm³/mol. The molecule has 132 valence electrons. The van der Waals surface area contributed by atoms with Gasteiger partial charge in [0.25, 0.3) is 5.91 Å².